The molecule has 2 rings (SSSR count). The van der Waals surface area contributed by atoms with Crippen LogP contribution in [0.5, 0.6) is 0 Å². The second-order valence-corrected chi connectivity index (χ2v) is 5.32. The molecule has 0 amide bonds. The highest BCUT2D eigenvalue weighted by Gasteiger charge is 2.10. The Bertz CT molecular complexity index is 511. The molecular formula is C16H20N2OS. The van der Waals surface area contributed by atoms with Crippen LogP contribution in [-0.4, -0.2) is 18.1 Å². The summed E-state index contributed by atoms with van der Waals surface area (Å²) in [5.41, 5.74) is 1.28. The fourth-order valence-electron chi connectivity index (χ4n) is 1.95. The minimum atomic E-state index is 0.675. The first-order valence-electron chi connectivity index (χ1n) is 6.78. The van der Waals surface area contributed by atoms with Gasteiger partial charge in [0.25, 0.3) is 0 Å². The predicted molar refractivity (Wildman–Crippen MR) is 85.0 cm³/mol. The van der Waals surface area contributed by atoms with Gasteiger partial charge >= 0.3 is 0 Å². The van der Waals surface area contributed by atoms with Gasteiger partial charge in [-0.1, -0.05) is 36.9 Å². The Labute approximate surface area is 124 Å². The molecule has 0 fully saturated rings. The second kappa shape index (κ2) is 7.70. The van der Waals surface area contributed by atoms with E-state index in [-0.39, 0.29) is 0 Å². The van der Waals surface area contributed by atoms with E-state index < -0.39 is 0 Å². The summed E-state index contributed by atoms with van der Waals surface area (Å²) in [6, 6.07) is 10.4. The minimum Gasteiger partial charge on any atom is -0.499 e. The van der Waals surface area contributed by atoms with Crippen LogP contribution in [0.1, 0.15) is 18.9 Å². The van der Waals surface area contributed by atoms with Gasteiger partial charge in [0.1, 0.15) is 0 Å². The number of thiazole rings is 1. The van der Waals surface area contributed by atoms with E-state index >= 15 is 0 Å². The zero-order chi connectivity index (χ0) is 14.2. The monoisotopic (exact) mass is 288 g/mol. The summed E-state index contributed by atoms with van der Waals surface area (Å²) >= 11 is 1.66. The third-order valence-corrected chi connectivity index (χ3v) is 3.75. The van der Waals surface area contributed by atoms with E-state index in [4.69, 9.17) is 4.74 Å². The normalized spacial score (nSPS) is 10.2. The molecule has 106 valence electrons. The first-order chi connectivity index (χ1) is 9.79. The third kappa shape index (κ3) is 4.38. The molecule has 0 aliphatic carbocycles. The van der Waals surface area contributed by atoms with Crippen molar-refractivity contribution < 1.29 is 4.74 Å². The molecule has 1 aromatic carbocycles. The molecule has 1 aromatic heterocycles. The highest BCUT2D eigenvalue weighted by atomic mass is 32.1. The Balaban J connectivity index is 2.00. The standard InChI is InChI=1S/C16H20N2OS/c1-3-19-14(2)9-11-18(16-17-10-12-20-16)13-15-7-5-4-6-8-15/h4-8,10,12H,2-3,9,11,13H2,1H3. The molecule has 0 aliphatic rings. The van der Waals surface area contributed by atoms with Crippen LogP contribution in [0, 0.1) is 0 Å². The Morgan fingerprint density at radius 2 is 2.15 bits per heavy atom. The molecule has 0 aliphatic heterocycles. The number of hydrogen-bond acceptors (Lipinski definition) is 4. The van der Waals surface area contributed by atoms with E-state index in [9.17, 15) is 0 Å². The summed E-state index contributed by atoms with van der Waals surface area (Å²) in [7, 11) is 0. The summed E-state index contributed by atoms with van der Waals surface area (Å²) in [5, 5.41) is 3.04. The maximum absolute atomic E-state index is 5.42. The van der Waals surface area contributed by atoms with Crippen LogP contribution in [0.4, 0.5) is 5.13 Å². The summed E-state index contributed by atoms with van der Waals surface area (Å²) in [5.74, 6) is 0.835. The molecule has 0 spiro atoms. The summed E-state index contributed by atoms with van der Waals surface area (Å²) in [4.78, 5) is 6.68. The second-order valence-electron chi connectivity index (χ2n) is 4.44. The van der Waals surface area contributed by atoms with Crippen LogP contribution in [-0.2, 0) is 11.3 Å². The average molecular weight is 288 g/mol. The van der Waals surface area contributed by atoms with Crippen molar-refractivity contribution in [1.82, 2.24) is 4.98 Å². The first kappa shape index (κ1) is 14.6. The fraction of sp³-hybridized carbons (Fsp3) is 0.312. The van der Waals surface area contributed by atoms with Gasteiger partial charge < -0.3 is 9.64 Å². The topological polar surface area (TPSA) is 25.4 Å². The van der Waals surface area contributed by atoms with Crippen molar-refractivity contribution in [2.45, 2.75) is 19.9 Å². The molecule has 1 heterocycles. The first-order valence-corrected chi connectivity index (χ1v) is 7.66. The lowest BCUT2D eigenvalue weighted by Crippen LogP contribution is -2.24. The van der Waals surface area contributed by atoms with Crippen LogP contribution in [0.25, 0.3) is 0 Å². The van der Waals surface area contributed by atoms with Crippen LogP contribution < -0.4 is 4.90 Å². The van der Waals surface area contributed by atoms with Gasteiger partial charge in [0.05, 0.1) is 12.4 Å². The van der Waals surface area contributed by atoms with Crippen LogP contribution >= 0.6 is 11.3 Å². The fourth-order valence-corrected chi connectivity index (χ4v) is 2.62. The number of nitrogens with zero attached hydrogens (tertiary/aromatic N) is 2. The summed E-state index contributed by atoms with van der Waals surface area (Å²) in [6.07, 6.45) is 2.66. The quantitative estimate of drug-likeness (QED) is 0.684. The van der Waals surface area contributed by atoms with E-state index in [1.807, 2.05) is 24.6 Å². The molecule has 0 radical (unpaired) electrons. The number of rotatable bonds is 8. The molecule has 0 bridgehead atoms. The number of hydrogen-bond donors (Lipinski definition) is 0. The lowest BCUT2D eigenvalue weighted by Gasteiger charge is -2.22. The van der Waals surface area contributed by atoms with Crippen molar-refractivity contribution in [3.8, 4) is 0 Å². The van der Waals surface area contributed by atoms with Gasteiger partial charge in [0, 0.05) is 31.1 Å². The van der Waals surface area contributed by atoms with Crippen molar-refractivity contribution in [2.24, 2.45) is 0 Å². The number of benzene rings is 1. The number of ether oxygens (including phenoxy) is 1. The van der Waals surface area contributed by atoms with Gasteiger partial charge in [0.2, 0.25) is 0 Å². The number of anilines is 1. The smallest absolute Gasteiger partial charge is 0.185 e. The van der Waals surface area contributed by atoms with Gasteiger partial charge in [-0.25, -0.2) is 4.98 Å². The maximum atomic E-state index is 5.42. The summed E-state index contributed by atoms with van der Waals surface area (Å²) in [6.45, 7) is 8.31. The zero-order valence-corrected chi connectivity index (χ0v) is 12.6. The van der Waals surface area contributed by atoms with Gasteiger partial charge in [-0.2, -0.15) is 0 Å². The molecule has 20 heavy (non-hydrogen) atoms. The van der Waals surface area contributed by atoms with E-state index in [0.29, 0.717) is 6.61 Å². The lowest BCUT2D eigenvalue weighted by atomic mass is 10.2. The molecule has 0 atom stereocenters. The third-order valence-electron chi connectivity index (χ3n) is 2.92. The minimum absolute atomic E-state index is 0.675. The van der Waals surface area contributed by atoms with Crippen molar-refractivity contribution in [1.29, 1.82) is 0 Å². The SMILES string of the molecule is C=C(CCN(Cc1ccccc1)c1nccs1)OCC. The van der Waals surface area contributed by atoms with Crippen molar-refractivity contribution >= 4 is 16.5 Å². The van der Waals surface area contributed by atoms with Crippen molar-refractivity contribution in [3.63, 3.8) is 0 Å². The van der Waals surface area contributed by atoms with Crippen LogP contribution in [0.15, 0.2) is 54.2 Å². The van der Waals surface area contributed by atoms with E-state index in [2.05, 4.69) is 40.7 Å². The van der Waals surface area contributed by atoms with Gasteiger partial charge in [-0.3, -0.25) is 0 Å². The highest BCUT2D eigenvalue weighted by molar-refractivity contribution is 7.13. The molecule has 2 aromatic rings. The molecule has 0 saturated heterocycles. The molecular weight excluding hydrogens is 268 g/mol. The number of aromatic nitrogens is 1. The molecule has 0 unspecified atom stereocenters. The van der Waals surface area contributed by atoms with Gasteiger partial charge in [-0.15, -0.1) is 11.3 Å². The van der Waals surface area contributed by atoms with E-state index in [0.717, 1.165) is 30.4 Å². The van der Waals surface area contributed by atoms with Crippen LogP contribution in [0.2, 0.25) is 0 Å². The molecule has 0 saturated carbocycles. The Kier molecular flexibility index (Phi) is 5.62. The van der Waals surface area contributed by atoms with E-state index in [1.165, 1.54) is 5.56 Å². The predicted octanol–water partition coefficient (Wildman–Crippen LogP) is 4.09. The largest absolute Gasteiger partial charge is 0.499 e. The van der Waals surface area contributed by atoms with Gasteiger partial charge in [-0.05, 0) is 12.5 Å². The van der Waals surface area contributed by atoms with Gasteiger partial charge in [0.15, 0.2) is 5.13 Å². The van der Waals surface area contributed by atoms with E-state index in [1.54, 1.807) is 11.3 Å². The Hall–Kier alpha value is -1.81. The average Bonchev–Trinajstić information content (AvgIpc) is 2.99. The molecule has 3 nitrogen and oxygen atoms in total. The van der Waals surface area contributed by atoms with Crippen LogP contribution in [0.3, 0.4) is 0 Å². The Morgan fingerprint density at radius 3 is 2.80 bits per heavy atom. The lowest BCUT2D eigenvalue weighted by molar-refractivity contribution is 0.221. The maximum Gasteiger partial charge on any atom is 0.185 e. The van der Waals surface area contributed by atoms with Crippen molar-refractivity contribution in [2.75, 3.05) is 18.1 Å². The molecule has 4 heteroatoms. The molecule has 0 N–H and O–H groups in total. The summed E-state index contributed by atoms with van der Waals surface area (Å²) < 4.78 is 5.42. The van der Waals surface area contributed by atoms with Crippen molar-refractivity contribution in [3.05, 3.63) is 59.8 Å². The zero-order valence-electron chi connectivity index (χ0n) is 11.8. The highest BCUT2D eigenvalue weighted by Crippen LogP contribution is 2.21. The Morgan fingerprint density at radius 1 is 1.35 bits per heavy atom.